The van der Waals surface area contributed by atoms with E-state index in [1.54, 1.807) is 6.07 Å². The first-order chi connectivity index (χ1) is 8.61. The van der Waals surface area contributed by atoms with Crippen LogP contribution in [-0.4, -0.2) is 22.5 Å². The Morgan fingerprint density at radius 2 is 2.28 bits per heavy atom. The number of benzene rings is 1. The molecule has 1 N–H and O–H groups in total. The molecule has 0 amide bonds. The second-order valence-corrected chi connectivity index (χ2v) is 6.49. The van der Waals surface area contributed by atoms with Crippen LogP contribution >= 0.6 is 11.6 Å². The second kappa shape index (κ2) is 6.13. The van der Waals surface area contributed by atoms with Crippen LogP contribution in [0.25, 0.3) is 0 Å². The number of hydrogen-bond donors (Lipinski definition) is 1. The Balaban J connectivity index is 2.03. The van der Waals surface area contributed by atoms with E-state index in [9.17, 15) is 8.60 Å². The molecule has 0 spiro atoms. The average molecular weight is 290 g/mol. The maximum atomic E-state index is 13.0. The molecule has 1 fully saturated rings. The fourth-order valence-corrected chi connectivity index (χ4v) is 3.62. The van der Waals surface area contributed by atoms with Crippen LogP contribution in [0.5, 0.6) is 0 Å². The van der Waals surface area contributed by atoms with Crippen molar-refractivity contribution in [2.75, 3.05) is 12.3 Å². The highest BCUT2D eigenvalue weighted by atomic mass is 35.5. The zero-order valence-electron chi connectivity index (χ0n) is 10.3. The minimum atomic E-state index is -1.13. The van der Waals surface area contributed by atoms with E-state index >= 15 is 0 Å². The van der Waals surface area contributed by atoms with Crippen molar-refractivity contribution >= 4 is 22.4 Å². The fourth-order valence-electron chi connectivity index (χ4n) is 2.00. The first-order valence-corrected chi connectivity index (χ1v) is 7.88. The highest BCUT2D eigenvalue weighted by molar-refractivity contribution is 7.85. The molecule has 2 nitrogen and oxygen atoms in total. The van der Waals surface area contributed by atoms with E-state index in [1.165, 1.54) is 25.0 Å². The highest BCUT2D eigenvalue weighted by Gasteiger charge is 2.31. The van der Waals surface area contributed by atoms with Gasteiger partial charge in [0.25, 0.3) is 0 Å². The molecule has 18 heavy (non-hydrogen) atoms. The fraction of sp³-hybridized carbons (Fsp3) is 0.538. The summed E-state index contributed by atoms with van der Waals surface area (Å²) in [4.78, 5) is 0.602. The summed E-state index contributed by atoms with van der Waals surface area (Å²) in [6.45, 7) is 2.93. The zero-order chi connectivity index (χ0) is 13.1. The minimum absolute atomic E-state index is 0.0345. The molecule has 2 rings (SSSR count). The van der Waals surface area contributed by atoms with Gasteiger partial charge in [-0.25, -0.2) is 4.39 Å². The number of rotatable bonds is 6. The Morgan fingerprint density at radius 3 is 2.83 bits per heavy atom. The Morgan fingerprint density at radius 1 is 1.56 bits per heavy atom. The summed E-state index contributed by atoms with van der Waals surface area (Å²) in [5.74, 6) is 0.744. The molecule has 0 saturated heterocycles. The summed E-state index contributed by atoms with van der Waals surface area (Å²) in [5.41, 5.74) is 0. The summed E-state index contributed by atoms with van der Waals surface area (Å²) in [7, 11) is -1.13. The number of nitrogens with one attached hydrogen (secondary N) is 1. The molecule has 1 aromatic carbocycles. The molecule has 0 heterocycles. The summed E-state index contributed by atoms with van der Waals surface area (Å²) in [6.07, 6.45) is 2.41. The van der Waals surface area contributed by atoms with E-state index < -0.39 is 16.6 Å². The van der Waals surface area contributed by atoms with Crippen LogP contribution in [0, 0.1) is 11.7 Å². The SMILES string of the molecule is CCNC(CS(=O)c1ccc(F)c(Cl)c1)C1CC1. The minimum Gasteiger partial charge on any atom is -0.313 e. The maximum Gasteiger partial charge on any atom is 0.141 e. The van der Waals surface area contributed by atoms with Gasteiger partial charge < -0.3 is 5.32 Å². The van der Waals surface area contributed by atoms with E-state index in [4.69, 9.17) is 11.6 Å². The maximum absolute atomic E-state index is 13.0. The summed E-state index contributed by atoms with van der Waals surface area (Å²) < 4.78 is 25.3. The largest absolute Gasteiger partial charge is 0.313 e. The van der Waals surface area contributed by atoms with Gasteiger partial charge in [0.05, 0.1) is 15.8 Å². The van der Waals surface area contributed by atoms with Gasteiger partial charge in [-0.3, -0.25) is 4.21 Å². The third kappa shape index (κ3) is 3.53. The Labute approximate surface area is 114 Å². The zero-order valence-corrected chi connectivity index (χ0v) is 11.9. The van der Waals surface area contributed by atoms with Crippen LogP contribution in [0.3, 0.4) is 0 Å². The van der Waals surface area contributed by atoms with Crippen molar-refractivity contribution in [1.29, 1.82) is 0 Å². The molecular formula is C13H17ClFNOS. The van der Waals surface area contributed by atoms with Gasteiger partial charge in [0, 0.05) is 16.7 Å². The Bertz CT molecular complexity index is 451. The van der Waals surface area contributed by atoms with Crippen molar-refractivity contribution in [3.63, 3.8) is 0 Å². The Kier molecular flexibility index (Phi) is 4.76. The lowest BCUT2D eigenvalue weighted by Gasteiger charge is -2.16. The molecule has 1 aliphatic carbocycles. The molecule has 5 heteroatoms. The predicted octanol–water partition coefficient (Wildman–Crippen LogP) is 2.97. The van der Waals surface area contributed by atoms with E-state index in [-0.39, 0.29) is 5.02 Å². The third-order valence-corrected chi connectivity index (χ3v) is 4.87. The normalized spacial score (nSPS) is 18.6. The van der Waals surface area contributed by atoms with Gasteiger partial charge in [0.1, 0.15) is 5.82 Å². The molecule has 1 aromatic rings. The smallest absolute Gasteiger partial charge is 0.141 e. The van der Waals surface area contributed by atoms with Crippen molar-refractivity contribution in [3.05, 3.63) is 29.0 Å². The summed E-state index contributed by atoms with van der Waals surface area (Å²) >= 11 is 5.71. The van der Waals surface area contributed by atoms with Crippen molar-refractivity contribution < 1.29 is 8.60 Å². The van der Waals surface area contributed by atoms with Crippen molar-refractivity contribution in [3.8, 4) is 0 Å². The van der Waals surface area contributed by atoms with Crippen molar-refractivity contribution in [2.45, 2.75) is 30.7 Å². The first-order valence-electron chi connectivity index (χ1n) is 6.18. The molecule has 2 atom stereocenters. The lowest BCUT2D eigenvalue weighted by atomic mass is 10.2. The highest BCUT2D eigenvalue weighted by Crippen LogP contribution is 2.33. The van der Waals surface area contributed by atoms with Crippen LogP contribution in [0.2, 0.25) is 5.02 Å². The van der Waals surface area contributed by atoms with Crippen LogP contribution in [0.15, 0.2) is 23.1 Å². The van der Waals surface area contributed by atoms with E-state index in [0.717, 1.165) is 6.54 Å². The van der Waals surface area contributed by atoms with E-state index in [1.807, 2.05) is 6.92 Å². The number of hydrogen-bond acceptors (Lipinski definition) is 2. The quantitative estimate of drug-likeness (QED) is 0.872. The molecule has 0 aromatic heterocycles. The van der Waals surface area contributed by atoms with Crippen LogP contribution in [0.4, 0.5) is 4.39 Å². The second-order valence-electron chi connectivity index (χ2n) is 4.59. The molecule has 2 unspecified atom stereocenters. The lowest BCUT2D eigenvalue weighted by molar-refractivity contribution is 0.514. The standard InChI is InChI=1S/C13H17ClFNOS/c1-2-16-13(9-3-4-9)8-18(17)10-5-6-12(15)11(14)7-10/h5-7,9,13,16H,2-4,8H2,1H3. The van der Waals surface area contributed by atoms with Crippen LogP contribution < -0.4 is 5.32 Å². The van der Waals surface area contributed by atoms with Crippen LogP contribution in [0.1, 0.15) is 19.8 Å². The van der Waals surface area contributed by atoms with Gasteiger partial charge in [-0.2, -0.15) is 0 Å². The van der Waals surface area contributed by atoms with E-state index in [2.05, 4.69) is 5.32 Å². The summed E-state index contributed by atoms with van der Waals surface area (Å²) in [5, 5.41) is 3.41. The molecule has 1 aliphatic rings. The molecule has 100 valence electrons. The molecule has 1 saturated carbocycles. The van der Waals surface area contributed by atoms with Gasteiger partial charge in [0.2, 0.25) is 0 Å². The number of halogens is 2. The molecule has 0 bridgehead atoms. The van der Waals surface area contributed by atoms with Gasteiger partial charge in [-0.15, -0.1) is 0 Å². The Hall–Kier alpha value is -0.450. The summed E-state index contributed by atoms with van der Waals surface area (Å²) in [6, 6.07) is 4.57. The first kappa shape index (κ1) is 14.0. The molecule has 0 aliphatic heterocycles. The lowest BCUT2D eigenvalue weighted by Crippen LogP contribution is -2.35. The topological polar surface area (TPSA) is 29.1 Å². The van der Waals surface area contributed by atoms with Gasteiger partial charge in [-0.05, 0) is 43.5 Å². The predicted molar refractivity (Wildman–Crippen MR) is 72.9 cm³/mol. The van der Waals surface area contributed by atoms with Gasteiger partial charge >= 0.3 is 0 Å². The molecular weight excluding hydrogens is 273 g/mol. The van der Waals surface area contributed by atoms with E-state index in [0.29, 0.717) is 22.6 Å². The van der Waals surface area contributed by atoms with Gasteiger partial charge in [-0.1, -0.05) is 18.5 Å². The monoisotopic (exact) mass is 289 g/mol. The van der Waals surface area contributed by atoms with Crippen LogP contribution in [-0.2, 0) is 10.8 Å². The molecule has 0 radical (unpaired) electrons. The van der Waals surface area contributed by atoms with Crippen molar-refractivity contribution in [1.82, 2.24) is 5.32 Å². The third-order valence-electron chi connectivity index (χ3n) is 3.14. The average Bonchev–Trinajstić information content (AvgIpc) is 3.16. The van der Waals surface area contributed by atoms with Crippen molar-refractivity contribution in [2.24, 2.45) is 5.92 Å². The van der Waals surface area contributed by atoms with Gasteiger partial charge in [0.15, 0.2) is 0 Å².